The lowest BCUT2D eigenvalue weighted by Gasteiger charge is -2.49. The van der Waals surface area contributed by atoms with Crippen LogP contribution in [0.25, 0.3) is 0 Å². The van der Waals surface area contributed by atoms with E-state index in [4.69, 9.17) is 4.74 Å². The van der Waals surface area contributed by atoms with Crippen LogP contribution in [0.5, 0.6) is 0 Å². The number of hydrogen-bond donors (Lipinski definition) is 1. The van der Waals surface area contributed by atoms with Gasteiger partial charge in [-0.05, 0) is 75.7 Å². The quantitative estimate of drug-likeness (QED) is 0.789. The first-order valence-corrected chi connectivity index (χ1v) is 8.61. The number of rotatable bonds is 6. The molecule has 3 unspecified atom stereocenters. The van der Waals surface area contributed by atoms with Gasteiger partial charge in [0.2, 0.25) is 0 Å². The molecule has 0 bridgehead atoms. The molecule has 110 valence electrons. The van der Waals surface area contributed by atoms with Crippen molar-refractivity contribution in [2.24, 2.45) is 17.8 Å². The first-order valence-electron chi connectivity index (χ1n) is 8.61. The molecule has 3 rings (SSSR count). The predicted octanol–water partition coefficient (Wildman–Crippen LogP) is 3.75. The van der Waals surface area contributed by atoms with Crippen molar-refractivity contribution in [1.29, 1.82) is 0 Å². The van der Waals surface area contributed by atoms with Crippen molar-refractivity contribution in [2.45, 2.75) is 76.9 Å². The summed E-state index contributed by atoms with van der Waals surface area (Å²) in [6.45, 7) is 6.97. The third-order valence-electron chi connectivity index (χ3n) is 5.87. The molecule has 0 aromatic rings. The van der Waals surface area contributed by atoms with Gasteiger partial charge >= 0.3 is 0 Å². The summed E-state index contributed by atoms with van der Waals surface area (Å²) < 4.78 is 6.11. The van der Waals surface area contributed by atoms with Crippen molar-refractivity contribution in [1.82, 2.24) is 5.32 Å². The lowest BCUT2D eigenvalue weighted by atomic mass is 9.68. The first-order chi connectivity index (χ1) is 9.24. The molecule has 3 atom stereocenters. The van der Waals surface area contributed by atoms with Gasteiger partial charge in [-0.25, -0.2) is 0 Å². The largest absolute Gasteiger partial charge is 0.375 e. The van der Waals surface area contributed by atoms with Gasteiger partial charge in [-0.1, -0.05) is 13.8 Å². The predicted molar refractivity (Wildman–Crippen MR) is 79.2 cm³/mol. The molecule has 3 aliphatic rings. The molecule has 1 heterocycles. The van der Waals surface area contributed by atoms with Crippen LogP contribution in [0.1, 0.15) is 65.2 Å². The van der Waals surface area contributed by atoms with Crippen LogP contribution < -0.4 is 5.32 Å². The van der Waals surface area contributed by atoms with Gasteiger partial charge in [-0.2, -0.15) is 0 Å². The smallest absolute Gasteiger partial charge is 0.0685 e. The molecule has 1 saturated heterocycles. The van der Waals surface area contributed by atoms with Crippen molar-refractivity contribution >= 4 is 0 Å². The second-order valence-electron chi connectivity index (χ2n) is 7.31. The molecule has 3 fully saturated rings. The Bertz CT molecular complexity index is 296. The van der Waals surface area contributed by atoms with Crippen molar-refractivity contribution in [2.75, 3.05) is 13.2 Å². The van der Waals surface area contributed by atoms with E-state index in [-0.39, 0.29) is 0 Å². The van der Waals surface area contributed by atoms with E-state index in [1.54, 1.807) is 0 Å². The van der Waals surface area contributed by atoms with Gasteiger partial charge in [-0.15, -0.1) is 0 Å². The van der Waals surface area contributed by atoms with Gasteiger partial charge in [0.25, 0.3) is 0 Å². The highest BCUT2D eigenvalue weighted by molar-refractivity contribution is 4.99. The van der Waals surface area contributed by atoms with Gasteiger partial charge in [0.15, 0.2) is 0 Å². The third kappa shape index (κ3) is 3.00. The molecule has 1 spiro atoms. The Labute approximate surface area is 118 Å². The Kier molecular flexibility index (Phi) is 4.19. The Balaban J connectivity index is 1.63. The van der Waals surface area contributed by atoms with Crippen molar-refractivity contribution in [3.63, 3.8) is 0 Å². The minimum absolute atomic E-state index is 0.304. The summed E-state index contributed by atoms with van der Waals surface area (Å²) in [5, 5.41) is 3.89. The van der Waals surface area contributed by atoms with Crippen molar-refractivity contribution < 1.29 is 4.74 Å². The van der Waals surface area contributed by atoms with E-state index in [1.807, 2.05) is 0 Å². The molecular formula is C17H31NO. The van der Waals surface area contributed by atoms with Gasteiger partial charge in [0, 0.05) is 12.6 Å². The molecular weight excluding hydrogens is 234 g/mol. The molecule has 0 aromatic carbocycles. The zero-order valence-electron chi connectivity index (χ0n) is 12.8. The van der Waals surface area contributed by atoms with Crippen LogP contribution >= 0.6 is 0 Å². The summed E-state index contributed by atoms with van der Waals surface area (Å²) in [7, 11) is 0. The van der Waals surface area contributed by atoms with Gasteiger partial charge in [0.1, 0.15) is 0 Å². The zero-order valence-corrected chi connectivity index (χ0v) is 12.8. The second kappa shape index (κ2) is 5.73. The number of nitrogens with one attached hydrogen (secondary N) is 1. The van der Waals surface area contributed by atoms with E-state index in [1.165, 1.54) is 57.9 Å². The van der Waals surface area contributed by atoms with Crippen LogP contribution in [-0.2, 0) is 4.74 Å². The van der Waals surface area contributed by atoms with Gasteiger partial charge < -0.3 is 10.1 Å². The average molecular weight is 265 g/mol. The minimum Gasteiger partial charge on any atom is -0.375 e. The van der Waals surface area contributed by atoms with Crippen LogP contribution in [0, 0.1) is 17.8 Å². The van der Waals surface area contributed by atoms with Crippen LogP contribution in [-0.4, -0.2) is 24.8 Å². The fourth-order valence-electron chi connectivity index (χ4n) is 4.30. The van der Waals surface area contributed by atoms with E-state index in [0.29, 0.717) is 5.60 Å². The molecule has 2 saturated carbocycles. The number of ether oxygens (including phenoxy) is 1. The molecule has 2 aliphatic carbocycles. The Hall–Kier alpha value is -0.0800. The van der Waals surface area contributed by atoms with E-state index in [2.05, 4.69) is 19.2 Å². The highest BCUT2D eigenvalue weighted by Crippen LogP contribution is 2.47. The van der Waals surface area contributed by atoms with Gasteiger partial charge in [0.05, 0.1) is 5.60 Å². The lowest BCUT2D eigenvalue weighted by Crippen LogP contribution is -2.52. The summed E-state index contributed by atoms with van der Waals surface area (Å²) >= 11 is 0. The summed E-state index contributed by atoms with van der Waals surface area (Å²) in [5.74, 6) is 2.73. The Morgan fingerprint density at radius 1 is 1.21 bits per heavy atom. The molecule has 0 radical (unpaired) electrons. The van der Waals surface area contributed by atoms with E-state index in [0.717, 1.165) is 30.4 Å². The van der Waals surface area contributed by atoms with Crippen LogP contribution in [0.4, 0.5) is 0 Å². The Morgan fingerprint density at radius 2 is 2.00 bits per heavy atom. The maximum Gasteiger partial charge on any atom is 0.0685 e. The standard InChI is InChI=1S/C17H31NO/c1-3-10-18-16(13(2)14-5-6-14)15-7-11-19-17(12-15)8-4-9-17/h13-16,18H,3-12H2,1-2H3. The monoisotopic (exact) mass is 265 g/mol. The molecule has 2 heteroatoms. The fourth-order valence-corrected chi connectivity index (χ4v) is 4.30. The van der Waals surface area contributed by atoms with Crippen LogP contribution in [0.3, 0.4) is 0 Å². The highest BCUT2D eigenvalue weighted by atomic mass is 16.5. The molecule has 0 aromatic heterocycles. The van der Waals surface area contributed by atoms with Gasteiger partial charge in [-0.3, -0.25) is 0 Å². The van der Waals surface area contributed by atoms with Crippen molar-refractivity contribution in [3.8, 4) is 0 Å². The molecule has 0 amide bonds. The summed E-state index contributed by atoms with van der Waals surface area (Å²) in [6.07, 6.45) is 10.8. The van der Waals surface area contributed by atoms with E-state index >= 15 is 0 Å². The topological polar surface area (TPSA) is 21.3 Å². The SMILES string of the molecule is CCCNC(C1CCOC2(CCC2)C1)C(C)C1CC1. The minimum atomic E-state index is 0.304. The third-order valence-corrected chi connectivity index (χ3v) is 5.87. The average Bonchev–Trinajstić information content (AvgIpc) is 3.22. The fraction of sp³-hybridized carbons (Fsp3) is 1.00. The summed E-state index contributed by atoms with van der Waals surface area (Å²) in [6, 6.07) is 0.744. The van der Waals surface area contributed by atoms with Crippen LogP contribution in [0.15, 0.2) is 0 Å². The van der Waals surface area contributed by atoms with E-state index < -0.39 is 0 Å². The Morgan fingerprint density at radius 3 is 2.58 bits per heavy atom. The lowest BCUT2D eigenvalue weighted by molar-refractivity contribution is -0.149. The second-order valence-corrected chi connectivity index (χ2v) is 7.31. The maximum absolute atomic E-state index is 6.11. The molecule has 1 N–H and O–H groups in total. The highest BCUT2D eigenvalue weighted by Gasteiger charge is 2.46. The molecule has 19 heavy (non-hydrogen) atoms. The van der Waals surface area contributed by atoms with Crippen LogP contribution in [0.2, 0.25) is 0 Å². The summed E-state index contributed by atoms with van der Waals surface area (Å²) in [5.41, 5.74) is 0.304. The molecule has 1 aliphatic heterocycles. The first kappa shape index (κ1) is 13.9. The van der Waals surface area contributed by atoms with Crippen molar-refractivity contribution in [3.05, 3.63) is 0 Å². The normalized spacial score (nSPS) is 32.8. The zero-order chi connectivity index (χ0) is 13.3. The maximum atomic E-state index is 6.11. The molecule has 2 nitrogen and oxygen atoms in total. The number of hydrogen-bond acceptors (Lipinski definition) is 2. The summed E-state index contributed by atoms with van der Waals surface area (Å²) in [4.78, 5) is 0. The van der Waals surface area contributed by atoms with E-state index in [9.17, 15) is 0 Å².